The smallest absolute Gasteiger partial charge is 0.407 e. The third-order valence-corrected chi connectivity index (χ3v) is 6.02. The molecule has 0 saturated carbocycles. The van der Waals surface area contributed by atoms with Gasteiger partial charge < -0.3 is 19.7 Å². The molecule has 29 heavy (non-hydrogen) atoms. The van der Waals surface area contributed by atoms with E-state index in [9.17, 15) is 4.79 Å². The Kier molecular flexibility index (Phi) is 5.85. The Morgan fingerprint density at radius 2 is 2.10 bits per heavy atom. The van der Waals surface area contributed by atoms with Crippen molar-refractivity contribution in [2.45, 2.75) is 51.7 Å². The zero-order valence-electron chi connectivity index (χ0n) is 17.3. The lowest BCUT2D eigenvalue weighted by atomic mass is 9.73. The number of ether oxygens (including phenoxy) is 2. The van der Waals surface area contributed by atoms with Crippen molar-refractivity contribution in [3.8, 4) is 0 Å². The quantitative estimate of drug-likeness (QED) is 0.849. The minimum Gasteiger partial charge on any atom is -0.447 e. The summed E-state index contributed by atoms with van der Waals surface area (Å²) in [5.41, 5.74) is 1.23. The van der Waals surface area contributed by atoms with Gasteiger partial charge in [0.05, 0.1) is 24.3 Å². The zero-order valence-corrected chi connectivity index (χ0v) is 17.3. The number of fused-ring (bicyclic) bond motifs is 1. The van der Waals surface area contributed by atoms with E-state index >= 15 is 0 Å². The third-order valence-electron chi connectivity index (χ3n) is 6.02. The monoisotopic (exact) mass is 398 g/mol. The Bertz CT molecular complexity index is 839. The molecule has 2 aliphatic heterocycles. The number of anilines is 1. The molecule has 7 heteroatoms. The highest BCUT2D eigenvalue weighted by atomic mass is 16.6. The van der Waals surface area contributed by atoms with Crippen LogP contribution in [0.2, 0.25) is 0 Å². The minimum absolute atomic E-state index is 0.0715. The number of hydrogen-bond acceptors (Lipinski definition) is 6. The maximum Gasteiger partial charge on any atom is 0.407 e. The van der Waals surface area contributed by atoms with Gasteiger partial charge in [-0.05, 0) is 51.0 Å². The molecule has 1 unspecified atom stereocenters. The molecule has 156 valence electrons. The number of nitrogens with zero attached hydrogens (tertiary/aromatic N) is 3. The fourth-order valence-corrected chi connectivity index (χ4v) is 4.22. The summed E-state index contributed by atoms with van der Waals surface area (Å²) in [6, 6.07) is 8.09. The van der Waals surface area contributed by atoms with Crippen LogP contribution in [0, 0.1) is 5.41 Å². The maximum atomic E-state index is 11.6. The van der Waals surface area contributed by atoms with Crippen LogP contribution in [0.4, 0.5) is 10.7 Å². The normalized spacial score (nSPS) is 21.5. The van der Waals surface area contributed by atoms with Crippen LogP contribution in [0.1, 0.15) is 39.5 Å². The van der Waals surface area contributed by atoms with Gasteiger partial charge in [0.1, 0.15) is 0 Å². The number of carbonyl (C=O) groups excluding carboxylic acids is 1. The van der Waals surface area contributed by atoms with Crippen LogP contribution in [0.15, 0.2) is 30.5 Å². The molecule has 2 fully saturated rings. The molecule has 2 saturated heterocycles. The Labute approximate surface area is 171 Å². The molecule has 7 nitrogen and oxygen atoms in total. The molecule has 1 aromatic carbocycles. The first-order valence-corrected chi connectivity index (χ1v) is 10.6. The van der Waals surface area contributed by atoms with E-state index in [0.29, 0.717) is 6.54 Å². The first kappa shape index (κ1) is 19.9. The molecule has 0 bridgehead atoms. The number of hydrogen-bond donors (Lipinski definition) is 1. The zero-order chi connectivity index (χ0) is 20.3. The van der Waals surface area contributed by atoms with Crippen LogP contribution in [0.5, 0.6) is 0 Å². The number of piperidine rings is 1. The summed E-state index contributed by atoms with van der Waals surface area (Å²) in [7, 11) is 0. The maximum absolute atomic E-state index is 11.6. The Balaban J connectivity index is 1.27. The van der Waals surface area contributed by atoms with E-state index in [1.807, 2.05) is 44.3 Å². The molecule has 1 aromatic heterocycles. The van der Waals surface area contributed by atoms with E-state index in [0.717, 1.165) is 62.2 Å². The van der Waals surface area contributed by atoms with Gasteiger partial charge in [-0.3, -0.25) is 0 Å². The third kappa shape index (κ3) is 4.78. The number of amides is 1. The van der Waals surface area contributed by atoms with Gasteiger partial charge in [0.15, 0.2) is 0 Å². The average molecular weight is 399 g/mol. The molecule has 4 rings (SSSR count). The average Bonchev–Trinajstić information content (AvgIpc) is 2.73. The number of alkyl carbamates (subject to hydrolysis) is 1. The summed E-state index contributed by atoms with van der Waals surface area (Å²) in [5, 5.41) is 3.88. The van der Waals surface area contributed by atoms with Crippen molar-refractivity contribution in [3.63, 3.8) is 0 Å². The van der Waals surface area contributed by atoms with Gasteiger partial charge in [-0.25, -0.2) is 14.8 Å². The Hall–Kier alpha value is -2.41. The van der Waals surface area contributed by atoms with Crippen molar-refractivity contribution in [3.05, 3.63) is 30.5 Å². The highest BCUT2D eigenvalue weighted by Crippen LogP contribution is 2.41. The summed E-state index contributed by atoms with van der Waals surface area (Å²) in [4.78, 5) is 23.2. The molecule has 0 radical (unpaired) electrons. The number of para-hydroxylation sites is 1. The molecule has 1 spiro atoms. The van der Waals surface area contributed by atoms with Gasteiger partial charge in [0, 0.05) is 31.2 Å². The first-order valence-electron chi connectivity index (χ1n) is 10.6. The SMILES string of the molecule is CC(C)OC(=O)NCC1CCC2(CCN(c3ncc4ccccc4n3)CC2)CO1. The van der Waals surface area contributed by atoms with Crippen LogP contribution in [0.25, 0.3) is 10.9 Å². The summed E-state index contributed by atoms with van der Waals surface area (Å²) in [6.07, 6.45) is 5.77. The summed E-state index contributed by atoms with van der Waals surface area (Å²) >= 11 is 0. The van der Waals surface area contributed by atoms with Gasteiger partial charge in [-0.15, -0.1) is 0 Å². The Morgan fingerprint density at radius 3 is 2.83 bits per heavy atom. The molecular formula is C22H30N4O3. The lowest BCUT2D eigenvalue weighted by Crippen LogP contribution is -2.48. The molecule has 0 aliphatic carbocycles. The van der Waals surface area contributed by atoms with Crippen LogP contribution >= 0.6 is 0 Å². The highest BCUT2D eigenvalue weighted by Gasteiger charge is 2.39. The van der Waals surface area contributed by atoms with Crippen molar-refractivity contribution in [1.82, 2.24) is 15.3 Å². The first-order chi connectivity index (χ1) is 14.0. The highest BCUT2D eigenvalue weighted by molar-refractivity contribution is 5.78. The van der Waals surface area contributed by atoms with E-state index in [4.69, 9.17) is 14.5 Å². The number of aromatic nitrogens is 2. The van der Waals surface area contributed by atoms with Crippen molar-refractivity contribution in [2.24, 2.45) is 5.41 Å². The van der Waals surface area contributed by atoms with E-state index in [-0.39, 0.29) is 23.7 Å². The predicted octanol–water partition coefficient (Wildman–Crippen LogP) is 3.53. The fourth-order valence-electron chi connectivity index (χ4n) is 4.22. The second-order valence-electron chi connectivity index (χ2n) is 8.52. The molecular weight excluding hydrogens is 368 g/mol. The lowest BCUT2D eigenvalue weighted by Gasteiger charge is -2.45. The van der Waals surface area contributed by atoms with E-state index in [2.05, 4.69) is 15.2 Å². The van der Waals surface area contributed by atoms with Crippen LogP contribution in [0.3, 0.4) is 0 Å². The standard InChI is InChI=1S/C22H30N4O3/c1-16(2)29-21(27)24-14-18-7-8-22(15-28-18)9-11-26(12-10-22)20-23-13-17-5-3-4-6-19(17)25-20/h3-6,13,16,18H,7-12,14-15H2,1-2H3,(H,24,27). The van der Waals surface area contributed by atoms with E-state index < -0.39 is 0 Å². The van der Waals surface area contributed by atoms with E-state index in [1.165, 1.54) is 0 Å². The van der Waals surface area contributed by atoms with Crippen molar-refractivity contribution in [2.75, 3.05) is 31.1 Å². The molecule has 1 amide bonds. The lowest BCUT2D eigenvalue weighted by molar-refractivity contribution is -0.0705. The van der Waals surface area contributed by atoms with Crippen molar-refractivity contribution in [1.29, 1.82) is 0 Å². The molecule has 1 N–H and O–H groups in total. The van der Waals surface area contributed by atoms with Gasteiger partial charge in [-0.2, -0.15) is 0 Å². The number of carbonyl (C=O) groups is 1. The van der Waals surface area contributed by atoms with Gasteiger partial charge >= 0.3 is 6.09 Å². The van der Waals surface area contributed by atoms with Gasteiger partial charge in [0.2, 0.25) is 5.95 Å². The predicted molar refractivity (Wildman–Crippen MR) is 112 cm³/mol. The Morgan fingerprint density at radius 1 is 1.31 bits per heavy atom. The number of nitrogens with one attached hydrogen (secondary N) is 1. The molecule has 1 atom stereocenters. The van der Waals surface area contributed by atoms with E-state index in [1.54, 1.807) is 0 Å². The molecule has 3 heterocycles. The topological polar surface area (TPSA) is 76.6 Å². The van der Waals surface area contributed by atoms with Crippen molar-refractivity contribution < 1.29 is 14.3 Å². The van der Waals surface area contributed by atoms with Crippen LogP contribution < -0.4 is 10.2 Å². The summed E-state index contributed by atoms with van der Waals surface area (Å²) in [5.74, 6) is 0.820. The van der Waals surface area contributed by atoms with Crippen LogP contribution in [-0.4, -0.2) is 54.5 Å². The molecule has 2 aromatic rings. The van der Waals surface area contributed by atoms with Crippen LogP contribution in [-0.2, 0) is 9.47 Å². The van der Waals surface area contributed by atoms with Gasteiger partial charge in [-0.1, -0.05) is 18.2 Å². The van der Waals surface area contributed by atoms with Crippen molar-refractivity contribution >= 4 is 22.9 Å². The minimum atomic E-state index is -0.368. The largest absolute Gasteiger partial charge is 0.447 e. The number of benzene rings is 1. The fraction of sp³-hybridized carbons (Fsp3) is 0.591. The second-order valence-corrected chi connectivity index (χ2v) is 8.52. The summed E-state index contributed by atoms with van der Waals surface area (Å²) in [6.45, 7) is 6.85. The van der Waals surface area contributed by atoms with Gasteiger partial charge in [0.25, 0.3) is 0 Å². The number of rotatable bonds is 4. The second kappa shape index (κ2) is 8.53. The summed E-state index contributed by atoms with van der Waals surface area (Å²) < 4.78 is 11.2. The molecule has 2 aliphatic rings.